The summed E-state index contributed by atoms with van der Waals surface area (Å²) in [4.78, 5) is 4.86. The smallest absolute Gasteiger partial charge is 0.171 e. The van der Waals surface area contributed by atoms with Crippen molar-refractivity contribution in [3.8, 4) is 17.3 Å². The lowest BCUT2D eigenvalue weighted by atomic mass is 9.76. The van der Waals surface area contributed by atoms with Gasteiger partial charge in [-0.1, -0.05) is 111 Å². The van der Waals surface area contributed by atoms with E-state index in [4.69, 9.17) is 9.72 Å². The molecule has 0 bridgehead atoms. The molecule has 0 atom stereocenters. The molecule has 7 aromatic rings. The van der Waals surface area contributed by atoms with Crippen LogP contribution >= 0.6 is 7.14 Å². The standard InChI is InChI=1S/C38H29N2O2P/c1-38(2)33-19-10-18-32-31-22-21-27(25-35(31)40(36(32)33)37-34(38)20-11-23-39-37)42-26-12-9-17-30(24-26)43(41,28-13-5-3-6-14-28)29-15-7-4-8-16-29/h3-25H,1-2H3. The maximum Gasteiger partial charge on any atom is 0.171 e. The minimum Gasteiger partial charge on any atom is -0.457 e. The molecule has 0 N–H and O–H groups in total. The Morgan fingerprint density at radius 3 is 2.02 bits per heavy atom. The van der Waals surface area contributed by atoms with Gasteiger partial charge in [-0.3, -0.25) is 4.57 Å². The highest BCUT2D eigenvalue weighted by molar-refractivity contribution is 7.85. The van der Waals surface area contributed by atoms with Crippen LogP contribution in [0, 0.1) is 0 Å². The van der Waals surface area contributed by atoms with Crippen molar-refractivity contribution in [1.82, 2.24) is 9.55 Å². The summed E-state index contributed by atoms with van der Waals surface area (Å²) in [5.41, 5.74) is 4.56. The molecule has 0 fully saturated rings. The molecule has 2 aromatic heterocycles. The lowest BCUT2D eigenvalue weighted by molar-refractivity contribution is 0.483. The third-order valence-corrected chi connectivity index (χ3v) is 11.8. The number of aromatic nitrogens is 2. The highest BCUT2D eigenvalue weighted by atomic mass is 31.2. The molecule has 43 heavy (non-hydrogen) atoms. The molecule has 0 amide bonds. The van der Waals surface area contributed by atoms with Gasteiger partial charge in [0, 0.05) is 49.9 Å². The van der Waals surface area contributed by atoms with E-state index in [1.165, 1.54) is 22.0 Å². The molecule has 5 heteroatoms. The van der Waals surface area contributed by atoms with Crippen LogP contribution in [0.25, 0.3) is 27.6 Å². The topological polar surface area (TPSA) is 44.1 Å². The monoisotopic (exact) mass is 576 g/mol. The van der Waals surface area contributed by atoms with Crippen molar-refractivity contribution < 1.29 is 9.30 Å². The number of hydrogen-bond donors (Lipinski definition) is 0. The minimum absolute atomic E-state index is 0.168. The van der Waals surface area contributed by atoms with Crippen LogP contribution in [-0.4, -0.2) is 9.55 Å². The molecule has 0 saturated carbocycles. The van der Waals surface area contributed by atoms with Gasteiger partial charge in [-0.05, 0) is 35.9 Å². The Bertz CT molecular complexity index is 2180. The number of benzene rings is 5. The van der Waals surface area contributed by atoms with Crippen LogP contribution in [0.5, 0.6) is 11.5 Å². The fraction of sp³-hybridized carbons (Fsp3) is 0.0789. The van der Waals surface area contributed by atoms with E-state index in [9.17, 15) is 4.57 Å². The first-order valence-electron chi connectivity index (χ1n) is 14.5. The van der Waals surface area contributed by atoms with E-state index in [0.717, 1.165) is 32.6 Å². The molecule has 0 aliphatic carbocycles. The molecule has 4 nitrogen and oxygen atoms in total. The van der Waals surface area contributed by atoms with E-state index in [-0.39, 0.29) is 5.41 Å². The van der Waals surface area contributed by atoms with E-state index < -0.39 is 7.14 Å². The predicted molar refractivity (Wildman–Crippen MR) is 177 cm³/mol. The van der Waals surface area contributed by atoms with Gasteiger partial charge in [0.1, 0.15) is 17.3 Å². The molecule has 0 spiro atoms. The van der Waals surface area contributed by atoms with Crippen molar-refractivity contribution in [2.75, 3.05) is 0 Å². The van der Waals surface area contributed by atoms with Crippen LogP contribution in [0.2, 0.25) is 0 Å². The Hall–Kier alpha value is -4.92. The van der Waals surface area contributed by atoms with Crippen molar-refractivity contribution in [2.45, 2.75) is 19.3 Å². The van der Waals surface area contributed by atoms with Crippen molar-refractivity contribution in [3.05, 3.63) is 151 Å². The summed E-state index contributed by atoms with van der Waals surface area (Å²) in [5, 5.41) is 4.69. The van der Waals surface area contributed by atoms with Crippen LogP contribution in [-0.2, 0) is 9.98 Å². The summed E-state index contributed by atoms with van der Waals surface area (Å²) in [6.07, 6.45) is 1.87. The van der Waals surface area contributed by atoms with Gasteiger partial charge >= 0.3 is 0 Å². The maximum atomic E-state index is 14.9. The van der Waals surface area contributed by atoms with Gasteiger partial charge in [-0.25, -0.2) is 4.98 Å². The van der Waals surface area contributed by atoms with Gasteiger partial charge in [-0.15, -0.1) is 0 Å². The van der Waals surface area contributed by atoms with E-state index in [0.29, 0.717) is 11.5 Å². The summed E-state index contributed by atoms with van der Waals surface area (Å²) in [6.45, 7) is 4.54. The number of fused-ring (bicyclic) bond motifs is 5. The first kappa shape index (κ1) is 25.8. The zero-order valence-electron chi connectivity index (χ0n) is 23.9. The largest absolute Gasteiger partial charge is 0.457 e. The number of para-hydroxylation sites is 1. The van der Waals surface area contributed by atoms with Crippen LogP contribution in [0.3, 0.4) is 0 Å². The molecule has 0 radical (unpaired) electrons. The first-order valence-corrected chi connectivity index (χ1v) is 16.2. The minimum atomic E-state index is -3.12. The van der Waals surface area contributed by atoms with Gasteiger partial charge in [-0.2, -0.15) is 0 Å². The molecule has 208 valence electrons. The van der Waals surface area contributed by atoms with Gasteiger partial charge in [0.05, 0.1) is 11.0 Å². The van der Waals surface area contributed by atoms with Crippen molar-refractivity contribution in [1.29, 1.82) is 0 Å². The average Bonchev–Trinajstić information content (AvgIpc) is 3.38. The van der Waals surface area contributed by atoms with Crippen LogP contribution in [0.15, 0.2) is 140 Å². The number of pyridine rings is 1. The lowest BCUT2D eigenvalue weighted by Crippen LogP contribution is -2.26. The molecular weight excluding hydrogens is 547 g/mol. The van der Waals surface area contributed by atoms with Gasteiger partial charge in [0.15, 0.2) is 7.14 Å². The number of rotatable bonds is 5. The van der Waals surface area contributed by atoms with Gasteiger partial charge < -0.3 is 9.30 Å². The van der Waals surface area contributed by atoms with Crippen molar-refractivity contribution in [2.24, 2.45) is 0 Å². The summed E-state index contributed by atoms with van der Waals surface area (Å²) in [7, 11) is -3.12. The third kappa shape index (κ3) is 3.84. The fourth-order valence-electron chi connectivity index (χ4n) is 6.64. The Labute approximate surface area is 250 Å². The second kappa shape index (κ2) is 9.55. The first-order chi connectivity index (χ1) is 21.0. The molecule has 8 rings (SSSR count). The van der Waals surface area contributed by atoms with Gasteiger partial charge in [0.2, 0.25) is 0 Å². The zero-order valence-corrected chi connectivity index (χ0v) is 24.8. The van der Waals surface area contributed by atoms with Crippen molar-refractivity contribution in [3.63, 3.8) is 0 Å². The maximum absolute atomic E-state index is 14.9. The van der Waals surface area contributed by atoms with Crippen LogP contribution in [0.4, 0.5) is 0 Å². The Morgan fingerprint density at radius 1 is 0.628 bits per heavy atom. The predicted octanol–water partition coefficient (Wildman–Crippen LogP) is 8.25. The van der Waals surface area contributed by atoms with Crippen LogP contribution < -0.4 is 20.7 Å². The van der Waals surface area contributed by atoms with Crippen LogP contribution in [0.1, 0.15) is 25.0 Å². The quantitative estimate of drug-likeness (QED) is 0.194. The normalized spacial score (nSPS) is 13.6. The Balaban J connectivity index is 1.26. The highest BCUT2D eigenvalue weighted by Crippen LogP contribution is 2.47. The molecule has 5 aromatic carbocycles. The van der Waals surface area contributed by atoms with E-state index >= 15 is 0 Å². The molecule has 3 heterocycles. The Kier molecular flexibility index (Phi) is 5.72. The summed E-state index contributed by atoms with van der Waals surface area (Å²) >= 11 is 0. The van der Waals surface area contributed by atoms with E-state index in [1.54, 1.807) is 0 Å². The highest BCUT2D eigenvalue weighted by Gasteiger charge is 2.36. The molecule has 0 unspecified atom stereocenters. The molecule has 1 aliphatic heterocycles. The molecule has 0 saturated heterocycles. The summed E-state index contributed by atoms with van der Waals surface area (Å²) < 4.78 is 23.7. The molecular formula is C38H29N2O2P. The third-order valence-electron chi connectivity index (χ3n) is 8.76. The summed E-state index contributed by atoms with van der Waals surface area (Å²) in [6, 6.07) is 44.1. The van der Waals surface area contributed by atoms with E-state index in [2.05, 4.69) is 54.8 Å². The lowest BCUT2D eigenvalue weighted by Gasteiger charge is -2.33. The molecule has 1 aliphatic rings. The number of ether oxygens (including phenoxy) is 1. The SMILES string of the molecule is CC1(C)c2cccnc2-n2c3cc(Oc4cccc(P(=O)(c5ccccc5)c5ccccc5)c4)ccc3c3cccc1c32. The number of hydrogen-bond acceptors (Lipinski definition) is 3. The zero-order chi connectivity index (χ0) is 29.2. The Morgan fingerprint density at radius 2 is 1.28 bits per heavy atom. The second-order valence-corrected chi connectivity index (χ2v) is 14.4. The summed E-state index contributed by atoms with van der Waals surface area (Å²) in [5.74, 6) is 2.30. The van der Waals surface area contributed by atoms with E-state index in [1.807, 2.05) is 103 Å². The second-order valence-electron chi connectivity index (χ2n) is 11.6. The fourth-order valence-corrected chi connectivity index (χ4v) is 9.33. The van der Waals surface area contributed by atoms with Crippen molar-refractivity contribution >= 4 is 44.9 Å². The van der Waals surface area contributed by atoms with Gasteiger partial charge in [0.25, 0.3) is 0 Å². The number of nitrogens with zero attached hydrogens (tertiary/aromatic N) is 2. The average molecular weight is 577 g/mol.